The van der Waals surface area contributed by atoms with E-state index in [1.165, 1.54) is 16.5 Å². The van der Waals surface area contributed by atoms with Crippen molar-refractivity contribution >= 4 is 0 Å². The molecule has 0 spiro atoms. The number of likely N-dealkylation sites (tertiary alicyclic amines) is 1. The SMILES string of the molecule is O=c1cc(C(F)F)ncn1CC1CCN(Cc2cccnc2)CC1. The summed E-state index contributed by atoms with van der Waals surface area (Å²) >= 11 is 0. The number of halogens is 2. The van der Waals surface area contributed by atoms with Crippen molar-refractivity contribution in [1.82, 2.24) is 19.4 Å². The molecule has 7 heteroatoms. The van der Waals surface area contributed by atoms with Crippen LogP contribution in [0.25, 0.3) is 0 Å². The summed E-state index contributed by atoms with van der Waals surface area (Å²) in [5.41, 5.74) is 0.333. The van der Waals surface area contributed by atoms with Gasteiger partial charge in [-0.2, -0.15) is 0 Å². The summed E-state index contributed by atoms with van der Waals surface area (Å²) in [6.45, 7) is 3.33. The van der Waals surface area contributed by atoms with Crippen molar-refractivity contribution in [2.45, 2.75) is 32.4 Å². The van der Waals surface area contributed by atoms with Crippen molar-refractivity contribution in [3.05, 3.63) is 58.5 Å². The second-order valence-electron chi connectivity index (χ2n) is 6.19. The third-order valence-corrected chi connectivity index (χ3v) is 4.42. The molecule has 0 bridgehead atoms. The normalized spacial score (nSPS) is 16.6. The third-order valence-electron chi connectivity index (χ3n) is 4.42. The summed E-state index contributed by atoms with van der Waals surface area (Å²) < 4.78 is 26.5. The molecule has 1 aliphatic heterocycles. The summed E-state index contributed by atoms with van der Waals surface area (Å²) in [4.78, 5) is 22.1. The number of nitrogens with zero attached hydrogens (tertiary/aromatic N) is 4. The van der Waals surface area contributed by atoms with Gasteiger partial charge in [-0.3, -0.25) is 19.2 Å². The van der Waals surface area contributed by atoms with Crippen LogP contribution in [0.5, 0.6) is 0 Å². The molecule has 3 rings (SSSR count). The number of rotatable bonds is 5. The highest BCUT2D eigenvalue weighted by atomic mass is 19.3. The summed E-state index contributed by atoms with van der Waals surface area (Å²) in [5.74, 6) is 0.368. The lowest BCUT2D eigenvalue weighted by molar-refractivity contribution is 0.144. The predicted octanol–water partition coefficient (Wildman–Crippen LogP) is 2.49. The fourth-order valence-corrected chi connectivity index (χ4v) is 3.05. The maximum atomic E-state index is 12.5. The minimum atomic E-state index is -2.71. The molecule has 0 unspecified atom stereocenters. The van der Waals surface area contributed by atoms with E-state index in [1.807, 2.05) is 12.3 Å². The van der Waals surface area contributed by atoms with Crippen LogP contribution in [0.2, 0.25) is 0 Å². The van der Waals surface area contributed by atoms with E-state index in [1.54, 1.807) is 6.20 Å². The van der Waals surface area contributed by atoms with Crippen molar-refractivity contribution in [3.8, 4) is 0 Å². The Morgan fingerprint density at radius 2 is 2.08 bits per heavy atom. The maximum absolute atomic E-state index is 12.5. The van der Waals surface area contributed by atoms with Crippen molar-refractivity contribution < 1.29 is 8.78 Å². The monoisotopic (exact) mass is 334 g/mol. The van der Waals surface area contributed by atoms with Crippen molar-refractivity contribution in [2.75, 3.05) is 13.1 Å². The first-order valence-electron chi connectivity index (χ1n) is 8.07. The molecule has 1 aliphatic rings. The summed E-state index contributed by atoms with van der Waals surface area (Å²) in [6, 6.07) is 4.93. The van der Waals surface area contributed by atoms with Gasteiger partial charge in [-0.05, 0) is 43.5 Å². The van der Waals surface area contributed by atoms with Crippen LogP contribution in [0.15, 0.2) is 41.7 Å². The van der Waals surface area contributed by atoms with E-state index in [9.17, 15) is 13.6 Å². The van der Waals surface area contributed by atoms with E-state index in [0.29, 0.717) is 12.5 Å². The Kier molecular flexibility index (Phi) is 5.30. The van der Waals surface area contributed by atoms with Crippen LogP contribution >= 0.6 is 0 Å². The van der Waals surface area contributed by atoms with Crippen LogP contribution in [0.1, 0.15) is 30.5 Å². The van der Waals surface area contributed by atoms with Crippen LogP contribution in [0, 0.1) is 5.92 Å². The van der Waals surface area contributed by atoms with Gasteiger partial charge in [0.25, 0.3) is 12.0 Å². The number of hydrogen-bond acceptors (Lipinski definition) is 4. The highest BCUT2D eigenvalue weighted by Gasteiger charge is 2.20. The first-order chi connectivity index (χ1) is 11.6. The van der Waals surface area contributed by atoms with E-state index < -0.39 is 17.7 Å². The molecule has 0 atom stereocenters. The highest BCUT2D eigenvalue weighted by molar-refractivity contribution is 5.08. The van der Waals surface area contributed by atoms with Gasteiger partial charge in [-0.25, -0.2) is 13.8 Å². The van der Waals surface area contributed by atoms with Crippen LogP contribution in [-0.2, 0) is 13.1 Å². The summed E-state index contributed by atoms with van der Waals surface area (Å²) in [7, 11) is 0. The molecule has 2 aromatic heterocycles. The number of pyridine rings is 1. The first kappa shape index (κ1) is 16.7. The van der Waals surface area contributed by atoms with Gasteiger partial charge in [0.2, 0.25) is 0 Å². The van der Waals surface area contributed by atoms with E-state index in [4.69, 9.17) is 0 Å². The van der Waals surface area contributed by atoms with Gasteiger partial charge >= 0.3 is 0 Å². The minimum Gasteiger partial charge on any atom is -0.299 e. The van der Waals surface area contributed by atoms with Crippen molar-refractivity contribution in [1.29, 1.82) is 0 Å². The Balaban J connectivity index is 1.53. The zero-order valence-corrected chi connectivity index (χ0v) is 13.3. The molecule has 1 fully saturated rings. The van der Waals surface area contributed by atoms with Gasteiger partial charge in [-0.1, -0.05) is 6.07 Å². The average molecular weight is 334 g/mol. The predicted molar refractivity (Wildman–Crippen MR) is 85.7 cm³/mol. The third kappa shape index (κ3) is 4.23. The molecular formula is C17H20F2N4O. The van der Waals surface area contributed by atoms with Crippen LogP contribution < -0.4 is 5.56 Å². The Labute approximate surface area is 139 Å². The molecule has 3 heterocycles. The second-order valence-corrected chi connectivity index (χ2v) is 6.19. The Morgan fingerprint density at radius 3 is 2.71 bits per heavy atom. The summed E-state index contributed by atoms with van der Waals surface area (Å²) in [5, 5.41) is 0. The number of hydrogen-bond donors (Lipinski definition) is 0. The van der Waals surface area contributed by atoms with Gasteiger partial charge in [0.05, 0.1) is 6.33 Å². The molecule has 1 saturated heterocycles. The molecule has 0 radical (unpaired) electrons. The standard InChI is InChI=1S/C17H20F2N4O/c18-17(19)15-8-16(24)23(12-21-15)11-13-3-6-22(7-4-13)10-14-2-1-5-20-9-14/h1-2,5,8-9,12-13,17H,3-4,6-7,10-11H2. The number of alkyl halides is 2. The average Bonchev–Trinajstić information content (AvgIpc) is 2.59. The van der Waals surface area contributed by atoms with Crippen molar-refractivity contribution in [3.63, 3.8) is 0 Å². The largest absolute Gasteiger partial charge is 0.299 e. The van der Waals surface area contributed by atoms with E-state index in [2.05, 4.69) is 20.9 Å². The lowest BCUT2D eigenvalue weighted by Crippen LogP contribution is -2.36. The molecule has 0 amide bonds. The number of piperidine rings is 1. The van der Waals surface area contributed by atoms with Crippen LogP contribution in [0.4, 0.5) is 8.78 Å². The van der Waals surface area contributed by atoms with Crippen LogP contribution in [-0.4, -0.2) is 32.5 Å². The maximum Gasteiger partial charge on any atom is 0.280 e. The smallest absolute Gasteiger partial charge is 0.280 e. The van der Waals surface area contributed by atoms with Gasteiger partial charge in [0, 0.05) is 31.5 Å². The molecular weight excluding hydrogens is 314 g/mol. The lowest BCUT2D eigenvalue weighted by atomic mass is 9.96. The number of aromatic nitrogens is 3. The topological polar surface area (TPSA) is 51.0 Å². The molecule has 0 aromatic carbocycles. The van der Waals surface area contributed by atoms with Gasteiger partial charge in [-0.15, -0.1) is 0 Å². The van der Waals surface area contributed by atoms with Crippen molar-refractivity contribution in [2.24, 2.45) is 5.92 Å². The first-order valence-corrected chi connectivity index (χ1v) is 8.07. The molecule has 128 valence electrons. The van der Waals surface area contributed by atoms with Gasteiger partial charge in [0.15, 0.2) is 0 Å². The lowest BCUT2D eigenvalue weighted by Gasteiger charge is -2.32. The Hall–Kier alpha value is -2.15. The minimum absolute atomic E-state index is 0.368. The Bertz CT molecular complexity index is 712. The fourth-order valence-electron chi connectivity index (χ4n) is 3.05. The molecule has 5 nitrogen and oxygen atoms in total. The molecule has 24 heavy (non-hydrogen) atoms. The van der Waals surface area contributed by atoms with E-state index in [-0.39, 0.29) is 0 Å². The molecule has 0 N–H and O–H groups in total. The van der Waals surface area contributed by atoms with E-state index in [0.717, 1.165) is 38.5 Å². The van der Waals surface area contributed by atoms with Gasteiger partial charge in [0.1, 0.15) is 5.69 Å². The molecule has 2 aromatic rings. The van der Waals surface area contributed by atoms with Gasteiger partial charge < -0.3 is 0 Å². The quantitative estimate of drug-likeness (QED) is 0.843. The van der Waals surface area contributed by atoms with Crippen LogP contribution in [0.3, 0.4) is 0 Å². The fraction of sp³-hybridized carbons (Fsp3) is 0.471. The molecule has 0 saturated carbocycles. The highest BCUT2D eigenvalue weighted by Crippen LogP contribution is 2.20. The molecule has 0 aliphatic carbocycles. The van der Waals surface area contributed by atoms with E-state index >= 15 is 0 Å². The zero-order chi connectivity index (χ0) is 16.9. The second kappa shape index (κ2) is 7.61. The Morgan fingerprint density at radius 1 is 1.29 bits per heavy atom. The zero-order valence-electron chi connectivity index (χ0n) is 13.3. The summed E-state index contributed by atoms with van der Waals surface area (Å²) in [6.07, 6.45) is 4.13.